The summed E-state index contributed by atoms with van der Waals surface area (Å²) in [6.07, 6.45) is 6.38. The van der Waals surface area contributed by atoms with Crippen molar-refractivity contribution in [1.82, 2.24) is 0 Å². The second-order valence-electron chi connectivity index (χ2n) is 9.99. The number of carbonyl (C=O) groups excluding carboxylic acids is 1. The summed E-state index contributed by atoms with van der Waals surface area (Å²) in [4.78, 5) is 35.1. The van der Waals surface area contributed by atoms with E-state index in [0.717, 1.165) is 30.9 Å². The summed E-state index contributed by atoms with van der Waals surface area (Å²) < 4.78 is 34.1. The zero-order valence-electron chi connectivity index (χ0n) is 24.4. The number of allylic oxidation sites excluding steroid dienone is 1. The molecule has 0 aliphatic carbocycles. The summed E-state index contributed by atoms with van der Waals surface area (Å²) in [5, 5.41) is 18.5. The van der Waals surface area contributed by atoms with Gasteiger partial charge in [-0.15, -0.1) is 0 Å². The molecule has 9 nitrogen and oxygen atoms in total. The molecule has 0 amide bonds. The van der Waals surface area contributed by atoms with Crippen molar-refractivity contribution < 1.29 is 42.5 Å². The van der Waals surface area contributed by atoms with E-state index in [-0.39, 0.29) is 30.2 Å². The van der Waals surface area contributed by atoms with Crippen LogP contribution in [-0.4, -0.2) is 47.4 Å². The molecule has 3 aromatic rings. The van der Waals surface area contributed by atoms with Gasteiger partial charge >= 0.3 is 5.97 Å². The minimum atomic E-state index is -1.10. The molecule has 0 unspecified atom stereocenters. The zero-order valence-corrected chi connectivity index (χ0v) is 24.4. The molecule has 1 aliphatic heterocycles. The highest BCUT2D eigenvalue weighted by Crippen LogP contribution is 2.22. The largest absolute Gasteiger partial charge is 0.501 e. The van der Waals surface area contributed by atoms with Crippen LogP contribution in [0.2, 0.25) is 0 Å². The van der Waals surface area contributed by atoms with Crippen molar-refractivity contribution in [2.24, 2.45) is 0 Å². The lowest BCUT2D eigenvalue weighted by Crippen LogP contribution is -2.10. The third-order valence-corrected chi connectivity index (χ3v) is 5.55. The minimum Gasteiger partial charge on any atom is -0.501 e. The molecule has 0 atom stereocenters. The van der Waals surface area contributed by atoms with Crippen molar-refractivity contribution in [1.29, 1.82) is 0 Å². The van der Waals surface area contributed by atoms with Gasteiger partial charge in [-0.2, -0.15) is 0 Å². The smallest absolute Gasteiger partial charge is 0.327 e. The first-order valence-corrected chi connectivity index (χ1v) is 13.8. The van der Waals surface area contributed by atoms with Gasteiger partial charge in [0.15, 0.2) is 5.76 Å². The molecule has 0 bridgehead atoms. The number of carbonyl (C=O) groups is 2. The van der Waals surface area contributed by atoms with E-state index in [2.05, 4.69) is 0 Å². The molecule has 42 heavy (non-hydrogen) atoms. The summed E-state index contributed by atoms with van der Waals surface area (Å²) in [7, 11) is 0. The number of benzene rings is 1. The summed E-state index contributed by atoms with van der Waals surface area (Å²) in [6, 6.07) is 9.80. The third-order valence-electron chi connectivity index (χ3n) is 5.55. The van der Waals surface area contributed by atoms with Crippen LogP contribution in [0.3, 0.4) is 0 Å². The molecule has 1 aliphatic rings. The first-order chi connectivity index (χ1) is 20.0. The number of carboxylic acids is 1. The van der Waals surface area contributed by atoms with Crippen molar-refractivity contribution in [3.63, 3.8) is 0 Å². The fraction of sp³-hybridized carbons (Fsp3) is 0.406. The van der Waals surface area contributed by atoms with Crippen LogP contribution in [0.15, 0.2) is 68.2 Å². The van der Waals surface area contributed by atoms with E-state index in [1.54, 1.807) is 18.2 Å². The highest BCUT2D eigenvalue weighted by molar-refractivity contribution is 6.06. The van der Waals surface area contributed by atoms with Crippen LogP contribution in [0.25, 0.3) is 0 Å². The second kappa shape index (κ2) is 17.7. The molecule has 228 valence electrons. The number of furan rings is 1. The third kappa shape index (κ3) is 12.7. The topological polar surface area (TPSA) is 136 Å². The number of hydrogen-bond acceptors (Lipinski definition) is 8. The second-order valence-corrected chi connectivity index (χ2v) is 9.99. The number of rotatable bonds is 10. The Bertz CT molecular complexity index is 1330. The minimum absolute atomic E-state index is 0.120. The van der Waals surface area contributed by atoms with Crippen LogP contribution in [-0.2, 0) is 27.1 Å². The molecule has 2 N–H and O–H groups in total. The molecule has 2 aromatic heterocycles. The Labute approximate surface area is 244 Å². The molecular formula is C32H39FO9. The maximum atomic E-state index is 13.0. The van der Waals surface area contributed by atoms with E-state index in [0.29, 0.717) is 24.4 Å². The number of ether oxygens (including phenoxy) is 2. The van der Waals surface area contributed by atoms with Crippen LogP contribution in [0.4, 0.5) is 4.39 Å². The molecule has 1 fully saturated rings. The Morgan fingerprint density at radius 3 is 2.14 bits per heavy atom. The molecule has 1 aromatic carbocycles. The molecule has 0 spiro atoms. The maximum Gasteiger partial charge on any atom is 0.327 e. The van der Waals surface area contributed by atoms with Crippen molar-refractivity contribution in [3.05, 3.63) is 99.3 Å². The number of carboxylic acid groups (broad SMARTS) is 1. The van der Waals surface area contributed by atoms with Crippen molar-refractivity contribution >= 4 is 11.8 Å². The number of aliphatic carboxylic acids is 1. The van der Waals surface area contributed by atoms with E-state index < -0.39 is 28.7 Å². The number of hydrogen-bond donors (Lipinski definition) is 2. The summed E-state index contributed by atoms with van der Waals surface area (Å²) >= 11 is 0. The fourth-order valence-electron chi connectivity index (χ4n) is 3.79. The summed E-state index contributed by atoms with van der Waals surface area (Å²) in [5.41, 5.74) is -0.0181. The van der Waals surface area contributed by atoms with Crippen molar-refractivity contribution in [2.75, 3.05) is 13.2 Å². The molecule has 4 rings (SSSR count). The molecule has 0 radical (unpaired) electrons. The number of aromatic hydroxyl groups is 1. The van der Waals surface area contributed by atoms with Gasteiger partial charge in [0.2, 0.25) is 16.9 Å². The predicted molar refractivity (Wildman–Crippen MR) is 154 cm³/mol. The SMILES string of the molecule is C1CCOC1.CC(C)OC(C)C.O=C(O)C=CCCc1cc(=O)c(O)c(C(=O)c2ccc(Cc3ccc(F)cc3)o2)o1. The van der Waals surface area contributed by atoms with Gasteiger partial charge in [-0.3, -0.25) is 9.59 Å². The Morgan fingerprint density at radius 1 is 0.976 bits per heavy atom. The average Bonchev–Trinajstić information content (AvgIpc) is 3.65. The monoisotopic (exact) mass is 586 g/mol. The van der Waals surface area contributed by atoms with E-state index in [1.807, 2.05) is 27.7 Å². The summed E-state index contributed by atoms with van der Waals surface area (Å²) in [6.45, 7) is 10.2. The van der Waals surface area contributed by atoms with E-state index in [1.165, 1.54) is 37.1 Å². The van der Waals surface area contributed by atoms with Gasteiger partial charge in [0.25, 0.3) is 5.78 Å². The lowest BCUT2D eigenvalue weighted by Gasteiger charge is -2.09. The highest BCUT2D eigenvalue weighted by Gasteiger charge is 2.23. The molecule has 10 heteroatoms. The Morgan fingerprint density at radius 2 is 1.62 bits per heavy atom. The molecule has 1 saturated heterocycles. The lowest BCUT2D eigenvalue weighted by atomic mass is 10.1. The van der Waals surface area contributed by atoms with Gasteiger partial charge in [-0.25, -0.2) is 9.18 Å². The van der Waals surface area contributed by atoms with Gasteiger partial charge in [0.1, 0.15) is 17.3 Å². The molecule has 3 heterocycles. The number of halogens is 1. The quantitative estimate of drug-likeness (QED) is 0.214. The summed E-state index contributed by atoms with van der Waals surface area (Å²) in [5.74, 6) is -3.24. The molecular weight excluding hydrogens is 547 g/mol. The van der Waals surface area contributed by atoms with Gasteiger partial charge in [-0.1, -0.05) is 18.2 Å². The van der Waals surface area contributed by atoms with Crippen LogP contribution in [0.5, 0.6) is 5.75 Å². The standard InChI is InChI=1S/C22H17FO7.C6H14O.C4H8O/c23-14-7-5-13(6-8-14)11-16-9-10-18(29-16)21(28)22-20(27)17(24)12-15(30-22)3-1-2-4-19(25)26;1-5(2)7-6(3)4;1-2-4-5-3-1/h2,4-10,12,27H,1,3,11H2,(H,25,26);5-6H,1-4H3;1-4H2. The van der Waals surface area contributed by atoms with E-state index in [9.17, 15) is 23.9 Å². The zero-order chi connectivity index (χ0) is 31.1. The van der Waals surface area contributed by atoms with Crippen molar-refractivity contribution in [3.8, 4) is 5.75 Å². The average molecular weight is 587 g/mol. The highest BCUT2D eigenvalue weighted by atomic mass is 19.1. The van der Waals surface area contributed by atoms with Gasteiger partial charge in [0.05, 0.1) is 12.2 Å². The van der Waals surface area contributed by atoms with Crippen LogP contribution >= 0.6 is 0 Å². The van der Waals surface area contributed by atoms with Crippen LogP contribution in [0, 0.1) is 5.82 Å². The Kier molecular flexibility index (Phi) is 14.4. The predicted octanol–water partition coefficient (Wildman–Crippen LogP) is 6.09. The first kappa shape index (κ1) is 34.2. The van der Waals surface area contributed by atoms with E-state index in [4.69, 9.17) is 23.4 Å². The Hall–Kier alpha value is -4.02. The Balaban J connectivity index is 0.000000426. The first-order valence-electron chi connectivity index (χ1n) is 13.8. The van der Waals surface area contributed by atoms with Crippen LogP contribution in [0.1, 0.15) is 80.4 Å². The fourth-order valence-corrected chi connectivity index (χ4v) is 3.79. The van der Waals surface area contributed by atoms with Gasteiger partial charge in [0, 0.05) is 38.2 Å². The van der Waals surface area contributed by atoms with Gasteiger partial charge in [-0.05, 0) is 76.8 Å². The lowest BCUT2D eigenvalue weighted by molar-refractivity contribution is -0.131. The number of aryl methyl sites for hydroxylation is 1. The van der Waals surface area contributed by atoms with Crippen LogP contribution < -0.4 is 5.43 Å². The van der Waals surface area contributed by atoms with Gasteiger partial charge < -0.3 is 28.5 Å². The maximum absolute atomic E-state index is 13.0. The normalized spacial score (nSPS) is 12.6. The molecule has 0 saturated carbocycles. The van der Waals surface area contributed by atoms with Crippen molar-refractivity contribution in [2.45, 2.75) is 72.0 Å². The number of ketones is 1. The van der Waals surface area contributed by atoms with E-state index >= 15 is 0 Å².